The van der Waals surface area contributed by atoms with Crippen LogP contribution in [0.15, 0.2) is 46.0 Å². The smallest absolute Gasteiger partial charge is 0.226 e. The predicted molar refractivity (Wildman–Crippen MR) is 110 cm³/mol. The van der Waals surface area contributed by atoms with Crippen LogP contribution in [0.4, 0.5) is 0 Å². The number of hydrogen-bond donors (Lipinski definition) is 2. The van der Waals surface area contributed by atoms with Gasteiger partial charge in [0.15, 0.2) is 5.96 Å². The number of nitrogens with zero attached hydrogens (tertiary/aromatic N) is 2. The zero-order valence-corrected chi connectivity index (χ0v) is 16.9. The van der Waals surface area contributed by atoms with Crippen molar-refractivity contribution in [2.75, 3.05) is 13.6 Å². The quantitative estimate of drug-likeness (QED) is 0.386. The molecule has 2 aromatic rings. The minimum Gasteiger partial charge on any atom is -0.444 e. The Hall–Kier alpha value is -1.57. The molecular formula is C18H27IN4O. The van der Waals surface area contributed by atoms with E-state index in [1.165, 1.54) is 12.8 Å². The number of aliphatic imine (C=N–C) groups is 1. The lowest BCUT2D eigenvalue weighted by Crippen LogP contribution is -2.39. The van der Waals surface area contributed by atoms with Crippen molar-refractivity contribution in [1.82, 2.24) is 15.6 Å². The number of benzene rings is 1. The monoisotopic (exact) mass is 442 g/mol. The molecule has 0 aliphatic rings. The van der Waals surface area contributed by atoms with Crippen LogP contribution < -0.4 is 10.6 Å². The van der Waals surface area contributed by atoms with E-state index in [1.54, 1.807) is 13.3 Å². The van der Waals surface area contributed by atoms with Crippen LogP contribution >= 0.6 is 24.0 Å². The molecule has 2 rings (SSSR count). The van der Waals surface area contributed by atoms with Crippen LogP contribution in [-0.4, -0.2) is 24.5 Å². The van der Waals surface area contributed by atoms with Crippen LogP contribution in [0, 0.1) is 5.92 Å². The molecule has 0 fully saturated rings. The van der Waals surface area contributed by atoms with E-state index in [-0.39, 0.29) is 24.0 Å². The Labute approximate surface area is 161 Å². The summed E-state index contributed by atoms with van der Waals surface area (Å²) in [4.78, 5) is 8.75. The molecule has 0 saturated heterocycles. The standard InChI is InChI=1S/C18H26N4O.HI/c1-4-14(5-2)11-20-18(19-3)21-12-16-13-23-17(22-16)15-9-7-6-8-10-15;/h6-10,13-14H,4-5,11-12H2,1-3H3,(H2,19,20,21);1H. The van der Waals surface area contributed by atoms with E-state index < -0.39 is 0 Å². The Morgan fingerprint density at radius 2 is 1.88 bits per heavy atom. The number of halogens is 1. The number of nitrogens with one attached hydrogen (secondary N) is 2. The second-order valence-corrected chi connectivity index (χ2v) is 5.50. The van der Waals surface area contributed by atoms with E-state index >= 15 is 0 Å². The molecule has 0 spiro atoms. The third-order valence-electron chi connectivity index (χ3n) is 3.95. The molecule has 1 aromatic carbocycles. The summed E-state index contributed by atoms with van der Waals surface area (Å²) in [6.45, 7) is 5.94. The lowest BCUT2D eigenvalue weighted by atomic mass is 10.0. The Kier molecular flexibility index (Phi) is 9.44. The Morgan fingerprint density at radius 1 is 1.17 bits per heavy atom. The molecule has 0 atom stereocenters. The maximum atomic E-state index is 5.54. The first-order chi connectivity index (χ1) is 11.3. The minimum absolute atomic E-state index is 0. The normalized spacial score (nSPS) is 11.2. The zero-order chi connectivity index (χ0) is 16.5. The summed E-state index contributed by atoms with van der Waals surface area (Å²) in [5.41, 5.74) is 1.84. The highest BCUT2D eigenvalue weighted by atomic mass is 127. The molecule has 0 radical (unpaired) electrons. The molecule has 0 aliphatic heterocycles. The van der Waals surface area contributed by atoms with Crippen molar-refractivity contribution in [2.24, 2.45) is 10.9 Å². The van der Waals surface area contributed by atoms with Crippen molar-refractivity contribution in [3.63, 3.8) is 0 Å². The summed E-state index contributed by atoms with van der Waals surface area (Å²) in [6.07, 6.45) is 4.03. The third-order valence-corrected chi connectivity index (χ3v) is 3.95. The molecule has 1 heterocycles. The van der Waals surface area contributed by atoms with Gasteiger partial charge in [0, 0.05) is 19.2 Å². The lowest BCUT2D eigenvalue weighted by molar-refractivity contribution is 0.481. The average Bonchev–Trinajstić information content (AvgIpc) is 3.08. The third kappa shape index (κ3) is 6.14. The lowest BCUT2D eigenvalue weighted by Gasteiger charge is -2.16. The molecule has 6 heteroatoms. The van der Waals surface area contributed by atoms with Crippen molar-refractivity contribution < 1.29 is 4.42 Å². The van der Waals surface area contributed by atoms with E-state index in [9.17, 15) is 0 Å². The largest absolute Gasteiger partial charge is 0.444 e. The summed E-state index contributed by atoms with van der Waals surface area (Å²) < 4.78 is 5.54. The number of hydrogen-bond acceptors (Lipinski definition) is 3. The Morgan fingerprint density at radius 3 is 2.50 bits per heavy atom. The van der Waals surface area contributed by atoms with Crippen LogP contribution in [0.25, 0.3) is 11.5 Å². The van der Waals surface area contributed by atoms with Gasteiger partial charge in [-0.05, 0) is 18.1 Å². The van der Waals surface area contributed by atoms with E-state index in [1.807, 2.05) is 30.3 Å². The number of aromatic nitrogens is 1. The highest BCUT2D eigenvalue weighted by molar-refractivity contribution is 14.0. The molecule has 132 valence electrons. The summed E-state index contributed by atoms with van der Waals surface area (Å²) >= 11 is 0. The van der Waals surface area contributed by atoms with Gasteiger partial charge >= 0.3 is 0 Å². The van der Waals surface area contributed by atoms with Crippen molar-refractivity contribution in [3.8, 4) is 11.5 Å². The fourth-order valence-corrected chi connectivity index (χ4v) is 2.31. The van der Waals surface area contributed by atoms with E-state index in [4.69, 9.17) is 4.42 Å². The summed E-state index contributed by atoms with van der Waals surface area (Å²) in [5, 5.41) is 6.63. The summed E-state index contributed by atoms with van der Waals surface area (Å²) in [7, 11) is 1.78. The summed E-state index contributed by atoms with van der Waals surface area (Å²) in [5.74, 6) is 2.11. The molecule has 0 saturated carbocycles. The highest BCUT2D eigenvalue weighted by Crippen LogP contribution is 2.17. The van der Waals surface area contributed by atoms with Gasteiger partial charge in [-0.25, -0.2) is 4.98 Å². The summed E-state index contributed by atoms with van der Waals surface area (Å²) in [6, 6.07) is 9.89. The van der Waals surface area contributed by atoms with Crippen molar-refractivity contribution in [2.45, 2.75) is 33.2 Å². The molecule has 2 N–H and O–H groups in total. The molecule has 0 amide bonds. The van der Waals surface area contributed by atoms with Gasteiger partial charge in [0.05, 0.1) is 12.2 Å². The Bertz CT molecular complexity index is 608. The van der Waals surface area contributed by atoms with Gasteiger partial charge in [0.2, 0.25) is 5.89 Å². The maximum absolute atomic E-state index is 5.54. The molecule has 5 nitrogen and oxygen atoms in total. The molecule has 0 aliphatic carbocycles. The minimum atomic E-state index is 0. The second kappa shape index (κ2) is 11.1. The van der Waals surface area contributed by atoms with Gasteiger partial charge in [-0.2, -0.15) is 0 Å². The van der Waals surface area contributed by atoms with E-state index in [0.29, 0.717) is 18.4 Å². The molecular weight excluding hydrogens is 415 g/mol. The van der Waals surface area contributed by atoms with Crippen LogP contribution in [0.5, 0.6) is 0 Å². The molecule has 1 aromatic heterocycles. The van der Waals surface area contributed by atoms with Crippen LogP contribution in [0.2, 0.25) is 0 Å². The first kappa shape index (κ1) is 20.5. The van der Waals surface area contributed by atoms with Crippen LogP contribution in [0.1, 0.15) is 32.4 Å². The van der Waals surface area contributed by atoms with Crippen LogP contribution in [-0.2, 0) is 6.54 Å². The first-order valence-electron chi connectivity index (χ1n) is 8.21. The van der Waals surface area contributed by atoms with Gasteiger partial charge < -0.3 is 15.1 Å². The van der Waals surface area contributed by atoms with E-state index in [2.05, 4.69) is 34.5 Å². The highest BCUT2D eigenvalue weighted by Gasteiger charge is 2.08. The first-order valence-corrected chi connectivity index (χ1v) is 8.21. The van der Waals surface area contributed by atoms with Crippen molar-refractivity contribution in [1.29, 1.82) is 0 Å². The van der Waals surface area contributed by atoms with Gasteiger partial charge in [-0.15, -0.1) is 24.0 Å². The van der Waals surface area contributed by atoms with Gasteiger partial charge in [-0.1, -0.05) is 44.9 Å². The van der Waals surface area contributed by atoms with E-state index in [0.717, 1.165) is 23.8 Å². The average molecular weight is 442 g/mol. The number of oxazole rings is 1. The fourth-order valence-electron chi connectivity index (χ4n) is 2.31. The Balaban J connectivity index is 0.00000288. The maximum Gasteiger partial charge on any atom is 0.226 e. The topological polar surface area (TPSA) is 62.5 Å². The molecule has 0 bridgehead atoms. The number of rotatable bonds is 7. The second-order valence-electron chi connectivity index (χ2n) is 5.50. The zero-order valence-electron chi connectivity index (χ0n) is 14.6. The van der Waals surface area contributed by atoms with Crippen molar-refractivity contribution >= 4 is 29.9 Å². The van der Waals surface area contributed by atoms with Crippen LogP contribution in [0.3, 0.4) is 0 Å². The molecule has 0 unspecified atom stereocenters. The fraction of sp³-hybridized carbons (Fsp3) is 0.444. The number of guanidine groups is 1. The van der Waals surface area contributed by atoms with Gasteiger partial charge in [0.25, 0.3) is 0 Å². The predicted octanol–water partition coefficient (Wildman–Crippen LogP) is 4.06. The molecule has 24 heavy (non-hydrogen) atoms. The van der Waals surface area contributed by atoms with Crippen molar-refractivity contribution in [3.05, 3.63) is 42.3 Å². The van der Waals surface area contributed by atoms with Gasteiger partial charge in [0.1, 0.15) is 6.26 Å². The SMILES string of the molecule is CCC(CC)CNC(=NC)NCc1coc(-c2ccccc2)n1.I. The van der Waals surface area contributed by atoms with Gasteiger partial charge in [-0.3, -0.25) is 4.99 Å².